The first-order chi connectivity index (χ1) is 10.6. The summed E-state index contributed by atoms with van der Waals surface area (Å²) >= 11 is 0. The molecule has 4 heteroatoms. The van der Waals surface area contributed by atoms with E-state index in [0.717, 1.165) is 37.2 Å². The SMILES string of the molecule is CC1(C)CN(C(=O)C2CCc3[nH]cnc3C2)c2ccccc21. The third-order valence-electron chi connectivity index (χ3n) is 5.08. The number of nitrogens with one attached hydrogen (secondary N) is 1. The van der Waals surface area contributed by atoms with Crippen molar-refractivity contribution in [1.29, 1.82) is 0 Å². The number of nitrogens with zero attached hydrogens (tertiary/aromatic N) is 2. The highest BCUT2D eigenvalue weighted by molar-refractivity contribution is 5.98. The minimum absolute atomic E-state index is 0.0262. The molecule has 22 heavy (non-hydrogen) atoms. The van der Waals surface area contributed by atoms with Gasteiger partial charge in [0.2, 0.25) is 5.91 Å². The van der Waals surface area contributed by atoms with E-state index in [1.165, 1.54) is 11.3 Å². The summed E-state index contributed by atoms with van der Waals surface area (Å²) in [7, 11) is 0. The van der Waals surface area contributed by atoms with Crippen molar-refractivity contribution in [2.45, 2.75) is 38.5 Å². The fourth-order valence-electron chi connectivity index (χ4n) is 3.87. The Bertz CT molecular complexity index is 731. The number of amides is 1. The quantitative estimate of drug-likeness (QED) is 0.879. The van der Waals surface area contributed by atoms with E-state index >= 15 is 0 Å². The molecule has 1 amide bonds. The van der Waals surface area contributed by atoms with E-state index in [-0.39, 0.29) is 17.2 Å². The first-order valence-electron chi connectivity index (χ1n) is 7.98. The number of aromatic nitrogens is 2. The Hall–Kier alpha value is -2.10. The molecule has 2 aromatic rings. The molecular weight excluding hydrogens is 274 g/mol. The smallest absolute Gasteiger partial charge is 0.230 e. The Morgan fingerprint density at radius 3 is 3.05 bits per heavy atom. The van der Waals surface area contributed by atoms with Crippen LogP contribution in [0.4, 0.5) is 5.69 Å². The number of carbonyl (C=O) groups is 1. The number of para-hydroxylation sites is 1. The number of benzene rings is 1. The summed E-state index contributed by atoms with van der Waals surface area (Å²) in [6.45, 7) is 5.20. The predicted octanol–water partition coefficient (Wildman–Crippen LogP) is 2.84. The van der Waals surface area contributed by atoms with Crippen molar-refractivity contribution >= 4 is 11.6 Å². The van der Waals surface area contributed by atoms with Crippen molar-refractivity contribution in [2.75, 3.05) is 11.4 Å². The van der Waals surface area contributed by atoms with Gasteiger partial charge in [-0.2, -0.15) is 0 Å². The number of hydrogen-bond acceptors (Lipinski definition) is 2. The topological polar surface area (TPSA) is 49.0 Å². The van der Waals surface area contributed by atoms with Crippen LogP contribution in [0.15, 0.2) is 30.6 Å². The second-order valence-electron chi connectivity index (χ2n) is 7.09. The van der Waals surface area contributed by atoms with Crippen LogP contribution >= 0.6 is 0 Å². The van der Waals surface area contributed by atoms with Gasteiger partial charge in [-0.15, -0.1) is 0 Å². The van der Waals surface area contributed by atoms with Gasteiger partial charge in [-0.3, -0.25) is 4.79 Å². The summed E-state index contributed by atoms with van der Waals surface area (Å²) in [5.74, 6) is 0.310. The van der Waals surface area contributed by atoms with Gasteiger partial charge in [0.1, 0.15) is 0 Å². The van der Waals surface area contributed by atoms with Gasteiger partial charge in [0, 0.05) is 35.7 Å². The summed E-state index contributed by atoms with van der Waals surface area (Å²) in [6, 6.07) is 8.30. The lowest BCUT2D eigenvalue weighted by Gasteiger charge is -2.27. The minimum atomic E-state index is 0.0262. The van der Waals surface area contributed by atoms with Gasteiger partial charge < -0.3 is 9.88 Å². The number of carbonyl (C=O) groups excluding carboxylic acids is 1. The number of hydrogen-bond donors (Lipinski definition) is 1. The Labute approximate surface area is 130 Å². The highest BCUT2D eigenvalue weighted by Gasteiger charge is 2.40. The highest BCUT2D eigenvalue weighted by atomic mass is 16.2. The molecule has 114 valence electrons. The van der Waals surface area contributed by atoms with Crippen LogP contribution in [-0.2, 0) is 23.1 Å². The number of aryl methyl sites for hydroxylation is 1. The zero-order valence-corrected chi connectivity index (χ0v) is 13.1. The molecule has 0 saturated heterocycles. The molecule has 0 fully saturated rings. The Balaban J connectivity index is 1.62. The fourth-order valence-corrected chi connectivity index (χ4v) is 3.87. The molecule has 0 bridgehead atoms. The summed E-state index contributed by atoms with van der Waals surface area (Å²) in [4.78, 5) is 22.6. The van der Waals surface area contributed by atoms with Gasteiger partial charge in [0.25, 0.3) is 0 Å². The molecule has 2 heterocycles. The van der Waals surface area contributed by atoms with Crippen LogP contribution in [-0.4, -0.2) is 22.4 Å². The molecule has 4 nitrogen and oxygen atoms in total. The van der Waals surface area contributed by atoms with Gasteiger partial charge >= 0.3 is 0 Å². The Morgan fingerprint density at radius 1 is 1.36 bits per heavy atom. The summed E-state index contributed by atoms with van der Waals surface area (Å²) in [5.41, 5.74) is 4.66. The van der Waals surface area contributed by atoms with Crippen LogP contribution in [0.2, 0.25) is 0 Å². The van der Waals surface area contributed by atoms with Crippen molar-refractivity contribution in [3.8, 4) is 0 Å². The second kappa shape index (κ2) is 4.70. The average Bonchev–Trinajstić information content (AvgIpc) is 3.09. The zero-order chi connectivity index (χ0) is 15.3. The summed E-state index contributed by atoms with van der Waals surface area (Å²) < 4.78 is 0. The molecule has 1 aromatic carbocycles. The highest BCUT2D eigenvalue weighted by Crippen LogP contribution is 2.41. The molecule has 1 atom stereocenters. The van der Waals surface area contributed by atoms with Crippen molar-refractivity contribution in [3.05, 3.63) is 47.5 Å². The van der Waals surface area contributed by atoms with E-state index in [1.54, 1.807) is 6.33 Å². The van der Waals surface area contributed by atoms with Gasteiger partial charge in [-0.1, -0.05) is 32.0 Å². The molecule has 1 aliphatic heterocycles. The molecule has 1 N–H and O–H groups in total. The minimum Gasteiger partial charge on any atom is -0.348 e. The molecule has 0 spiro atoms. The second-order valence-corrected chi connectivity index (χ2v) is 7.09. The first-order valence-corrected chi connectivity index (χ1v) is 7.98. The maximum absolute atomic E-state index is 13.1. The predicted molar refractivity (Wildman–Crippen MR) is 85.9 cm³/mol. The Morgan fingerprint density at radius 2 is 2.18 bits per heavy atom. The van der Waals surface area contributed by atoms with Crippen LogP contribution < -0.4 is 4.90 Å². The van der Waals surface area contributed by atoms with Gasteiger partial charge in [-0.25, -0.2) is 4.98 Å². The number of imidazole rings is 1. The van der Waals surface area contributed by atoms with Crippen molar-refractivity contribution < 1.29 is 4.79 Å². The zero-order valence-electron chi connectivity index (χ0n) is 13.1. The largest absolute Gasteiger partial charge is 0.348 e. The molecule has 4 rings (SSSR count). The number of fused-ring (bicyclic) bond motifs is 2. The van der Waals surface area contributed by atoms with Gasteiger partial charge in [0.05, 0.1) is 12.0 Å². The van der Waals surface area contributed by atoms with Crippen molar-refractivity contribution in [1.82, 2.24) is 9.97 Å². The van der Waals surface area contributed by atoms with E-state index in [0.29, 0.717) is 0 Å². The first kappa shape index (κ1) is 13.6. The third kappa shape index (κ3) is 1.97. The lowest BCUT2D eigenvalue weighted by Crippen LogP contribution is -2.40. The van der Waals surface area contributed by atoms with Crippen LogP contribution in [0.3, 0.4) is 0 Å². The van der Waals surface area contributed by atoms with Gasteiger partial charge in [0.15, 0.2) is 0 Å². The molecule has 1 aromatic heterocycles. The lowest BCUT2D eigenvalue weighted by atomic mass is 9.87. The number of rotatable bonds is 1. The van der Waals surface area contributed by atoms with Crippen LogP contribution in [0.25, 0.3) is 0 Å². The third-order valence-corrected chi connectivity index (χ3v) is 5.08. The van der Waals surface area contributed by atoms with Crippen molar-refractivity contribution in [3.63, 3.8) is 0 Å². The number of aromatic amines is 1. The number of anilines is 1. The number of H-pyrrole nitrogens is 1. The van der Waals surface area contributed by atoms with E-state index in [2.05, 4.69) is 42.0 Å². The van der Waals surface area contributed by atoms with E-state index in [1.807, 2.05) is 11.0 Å². The van der Waals surface area contributed by atoms with Crippen LogP contribution in [0.1, 0.15) is 37.2 Å². The summed E-state index contributed by atoms with van der Waals surface area (Å²) in [6.07, 6.45) is 4.33. The molecule has 0 radical (unpaired) electrons. The Kier molecular flexibility index (Phi) is 2.90. The molecule has 1 unspecified atom stereocenters. The molecule has 2 aliphatic rings. The normalized spacial score (nSPS) is 22.3. The summed E-state index contributed by atoms with van der Waals surface area (Å²) in [5, 5.41) is 0. The average molecular weight is 295 g/mol. The molecule has 1 aliphatic carbocycles. The van der Waals surface area contributed by atoms with E-state index < -0.39 is 0 Å². The maximum Gasteiger partial charge on any atom is 0.230 e. The monoisotopic (exact) mass is 295 g/mol. The van der Waals surface area contributed by atoms with Crippen LogP contribution in [0.5, 0.6) is 0 Å². The van der Waals surface area contributed by atoms with Crippen molar-refractivity contribution in [2.24, 2.45) is 5.92 Å². The van der Waals surface area contributed by atoms with E-state index in [4.69, 9.17) is 0 Å². The standard InChI is InChI=1S/C18H21N3O/c1-18(2)10-21(16-6-4-3-5-13(16)18)17(22)12-7-8-14-15(9-12)20-11-19-14/h3-6,11-12H,7-10H2,1-2H3,(H,19,20). The van der Waals surface area contributed by atoms with Gasteiger partial charge in [-0.05, 0) is 24.5 Å². The molecule has 0 saturated carbocycles. The molecular formula is C18H21N3O. The van der Waals surface area contributed by atoms with E-state index in [9.17, 15) is 4.79 Å². The van der Waals surface area contributed by atoms with Crippen LogP contribution in [0, 0.1) is 5.92 Å². The fraction of sp³-hybridized carbons (Fsp3) is 0.444. The maximum atomic E-state index is 13.1. The lowest BCUT2D eigenvalue weighted by molar-refractivity contribution is -0.122.